The fraction of sp³-hybridized carbons (Fsp3) is 0.500. The van der Waals surface area contributed by atoms with Crippen LogP contribution < -0.4 is 14.8 Å². The number of methoxy groups -OCH3 is 1. The standard InChI is InChI=1S/C24H35NO3/c1-23(2,3)19-9-13-22(14-10-19)28-17-20(26)16-25-24(4,5)15-18-7-11-21(27-6)12-8-18/h7-14,20,25-26H,15-17H2,1-6H3/t20-/m1/s1. The normalized spacial score (nSPS) is 13.2. The van der Waals surface area contributed by atoms with E-state index in [1.165, 1.54) is 11.1 Å². The van der Waals surface area contributed by atoms with Gasteiger partial charge in [0.05, 0.1) is 7.11 Å². The van der Waals surface area contributed by atoms with Gasteiger partial charge in [0.1, 0.15) is 24.2 Å². The minimum atomic E-state index is -0.572. The van der Waals surface area contributed by atoms with Crippen LogP contribution in [0.3, 0.4) is 0 Å². The van der Waals surface area contributed by atoms with Crippen LogP contribution in [0, 0.1) is 0 Å². The van der Waals surface area contributed by atoms with Crippen molar-refractivity contribution in [3.8, 4) is 11.5 Å². The Kier molecular flexibility index (Phi) is 7.50. The summed E-state index contributed by atoms with van der Waals surface area (Å²) in [6, 6.07) is 16.2. The van der Waals surface area contributed by atoms with Crippen molar-refractivity contribution in [2.75, 3.05) is 20.3 Å². The molecule has 0 aromatic heterocycles. The van der Waals surface area contributed by atoms with E-state index < -0.39 is 6.10 Å². The van der Waals surface area contributed by atoms with Crippen LogP contribution in [0.4, 0.5) is 0 Å². The lowest BCUT2D eigenvalue weighted by atomic mass is 9.87. The van der Waals surface area contributed by atoms with Crippen molar-refractivity contribution in [3.63, 3.8) is 0 Å². The predicted octanol–water partition coefficient (Wildman–Crippen LogP) is 4.34. The highest BCUT2D eigenvalue weighted by atomic mass is 16.5. The average Bonchev–Trinajstić information content (AvgIpc) is 2.65. The molecule has 0 fully saturated rings. The first-order valence-corrected chi connectivity index (χ1v) is 9.88. The van der Waals surface area contributed by atoms with E-state index in [1.807, 2.05) is 24.3 Å². The minimum absolute atomic E-state index is 0.122. The smallest absolute Gasteiger partial charge is 0.119 e. The Morgan fingerprint density at radius 2 is 1.46 bits per heavy atom. The van der Waals surface area contributed by atoms with Gasteiger partial charge in [0.15, 0.2) is 0 Å². The molecule has 2 aromatic rings. The largest absolute Gasteiger partial charge is 0.497 e. The summed E-state index contributed by atoms with van der Waals surface area (Å²) in [5.74, 6) is 1.64. The highest BCUT2D eigenvalue weighted by Gasteiger charge is 2.20. The maximum Gasteiger partial charge on any atom is 0.119 e. The molecule has 0 spiro atoms. The Bertz CT molecular complexity index is 715. The first kappa shape index (κ1) is 22.3. The molecule has 0 saturated heterocycles. The molecule has 0 unspecified atom stereocenters. The van der Waals surface area contributed by atoms with Crippen LogP contribution in [0.15, 0.2) is 48.5 Å². The molecule has 0 aliphatic carbocycles. The van der Waals surface area contributed by atoms with Crippen LogP contribution >= 0.6 is 0 Å². The van der Waals surface area contributed by atoms with Gasteiger partial charge in [0.2, 0.25) is 0 Å². The van der Waals surface area contributed by atoms with Crippen molar-refractivity contribution in [2.45, 2.75) is 58.1 Å². The van der Waals surface area contributed by atoms with E-state index in [9.17, 15) is 5.11 Å². The number of β-amino-alcohol motifs (C(OH)–C–C–N with tert-alkyl or cyclic N) is 1. The summed E-state index contributed by atoms with van der Waals surface area (Å²) < 4.78 is 10.9. The van der Waals surface area contributed by atoms with E-state index in [0.29, 0.717) is 6.54 Å². The SMILES string of the molecule is COc1ccc(CC(C)(C)NC[C@@H](O)COc2ccc(C(C)(C)C)cc2)cc1. The molecule has 4 heteroatoms. The summed E-state index contributed by atoms with van der Waals surface area (Å²) in [5.41, 5.74) is 2.48. The molecule has 0 saturated carbocycles. The molecule has 2 rings (SSSR count). The number of ether oxygens (including phenoxy) is 2. The molecule has 2 aromatic carbocycles. The molecule has 154 valence electrons. The molecule has 28 heavy (non-hydrogen) atoms. The number of benzene rings is 2. The Balaban J connectivity index is 1.78. The third-order valence-corrected chi connectivity index (χ3v) is 4.78. The van der Waals surface area contributed by atoms with Crippen molar-refractivity contribution >= 4 is 0 Å². The van der Waals surface area contributed by atoms with Crippen molar-refractivity contribution in [2.24, 2.45) is 0 Å². The maximum atomic E-state index is 10.3. The van der Waals surface area contributed by atoms with Gasteiger partial charge in [0.25, 0.3) is 0 Å². The van der Waals surface area contributed by atoms with E-state index in [-0.39, 0.29) is 17.6 Å². The van der Waals surface area contributed by atoms with Gasteiger partial charge in [-0.3, -0.25) is 0 Å². The molecular formula is C24H35NO3. The topological polar surface area (TPSA) is 50.7 Å². The maximum absolute atomic E-state index is 10.3. The molecular weight excluding hydrogens is 350 g/mol. The quantitative estimate of drug-likeness (QED) is 0.674. The molecule has 1 atom stereocenters. The predicted molar refractivity (Wildman–Crippen MR) is 115 cm³/mol. The van der Waals surface area contributed by atoms with Gasteiger partial charge >= 0.3 is 0 Å². The van der Waals surface area contributed by atoms with Crippen molar-refractivity contribution in [1.29, 1.82) is 0 Å². The Labute approximate surface area is 169 Å². The first-order chi connectivity index (χ1) is 13.1. The molecule has 4 nitrogen and oxygen atoms in total. The Hall–Kier alpha value is -2.04. The fourth-order valence-electron chi connectivity index (χ4n) is 3.01. The highest BCUT2D eigenvalue weighted by Crippen LogP contribution is 2.24. The zero-order valence-electron chi connectivity index (χ0n) is 18.1. The van der Waals surface area contributed by atoms with Gasteiger partial charge in [-0.05, 0) is 61.1 Å². The molecule has 0 aliphatic rings. The number of hydrogen-bond acceptors (Lipinski definition) is 4. The van der Waals surface area contributed by atoms with E-state index >= 15 is 0 Å². The molecule has 0 heterocycles. The molecule has 2 N–H and O–H groups in total. The first-order valence-electron chi connectivity index (χ1n) is 9.88. The summed E-state index contributed by atoms with van der Waals surface area (Å²) in [4.78, 5) is 0. The molecule has 0 aliphatic heterocycles. The van der Waals surface area contributed by atoms with E-state index in [0.717, 1.165) is 17.9 Å². The lowest BCUT2D eigenvalue weighted by molar-refractivity contribution is 0.0988. The molecule has 0 radical (unpaired) electrons. The van der Waals surface area contributed by atoms with Gasteiger partial charge in [-0.1, -0.05) is 45.0 Å². The second kappa shape index (κ2) is 9.44. The zero-order chi connectivity index (χ0) is 20.8. The van der Waals surface area contributed by atoms with Crippen LogP contribution in [0.5, 0.6) is 11.5 Å². The third kappa shape index (κ3) is 7.17. The summed E-state index contributed by atoms with van der Waals surface area (Å²) in [6.45, 7) is 11.6. The Morgan fingerprint density at radius 1 is 0.893 bits per heavy atom. The summed E-state index contributed by atoms with van der Waals surface area (Å²) >= 11 is 0. The van der Waals surface area contributed by atoms with Crippen molar-refractivity contribution < 1.29 is 14.6 Å². The van der Waals surface area contributed by atoms with Gasteiger partial charge in [-0.15, -0.1) is 0 Å². The van der Waals surface area contributed by atoms with E-state index in [4.69, 9.17) is 9.47 Å². The monoisotopic (exact) mass is 385 g/mol. The minimum Gasteiger partial charge on any atom is -0.497 e. The number of aliphatic hydroxyl groups excluding tert-OH is 1. The molecule has 0 bridgehead atoms. The van der Waals surface area contributed by atoms with Gasteiger partial charge in [-0.2, -0.15) is 0 Å². The van der Waals surface area contributed by atoms with E-state index in [1.54, 1.807) is 7.11 Å². The number of hydrogen-bond donors (Lipinski definition) is 2. The number of rotatable bonds is 9. The van der Waals surface area contributed by atoms with Crippen LogP contribution in [0.2, 0.25) is 0 Å². The summed E-state index contributed by atoms with van der Waals surface area (Å²) in [6.07, 6.45) is 0.288. The third-order valence-electron chi connectivity index (χ3n) is 4.78. The van der Waals surface area contributed by atoms with Crippen LogP contribution in [0.25, 0.3) is 0 Å². The lowest BCUT2D eigenvalue weighted by Crippen LogP contribution is -2.46. The van der Waals surface area contributed by atoms with Gasteiger partial charge in [0, 0.05) is 12.1 Å². The zero-order valence-corrected chi connectivity index (χ0v) is 18.1. The molecule has 0 amide bonds. The van der Waals surface area contributed by atoms with Gasteiger partial charge < -0.3 is 19.9 Å². The summed E-state index contributed by atoms with van der Waals surface area (Å²) in [5, 5.41) is 13.7. The fourth-order valence-corrected chi connectivity index (χ4v) is 3.01. The van der Waals surface area contributed by atoms with Crippen LogP contribution in [-0.4, -0.2) is 37.0 Å². The summed E-state index contributed by atoms with van der Waals surface area (Å²) in [7, 11) is 1.67. The van der Waals surface area contributed by atoms with Crippen molar-refractivity contribution in [1.82, 2.24) is 5.32 Å². The Morgan fingerprint density at radius 3 is 2.00 bits per heavy atom. The van der Waals surface area contributed by atoms with Crippen LogP contribution in [0.1, 0.15) is 45.7 Å². The van der Waals surface area contributed by atoms with Crippen LogP contribution in [-0.2, 0) is 11.8 Å². The highest BCUT2D eigenvalue weighted by molar-refractivity contribution is 5.31. The average molecular weight is 386 g/mol. The lowest BCUT2D eigenvalue weighted by Gasteiger charge is -2.28. The number of aliphatic hydroxyl groups is 1. The number of nitrogens with one attached hydrogen (secondary N) is 1. The van der Waals surface area contributed by atoms with Gasteiger partial charge in [-0.25, -0.2) is 0 Å². The van der Waals surface area contributed by atoms with E-state index in [2.05, 4.69) is 64.2 Å². The second-order valence-corrected chi connectivity index (χ2v) is 9.03. The second-order valence-electron chi connectivity index (χ2n) is 9.03. The van der Waals surface area contributed by atoms with Crippen molar-refractivity contribution in [3.05, 3.63) is 59.7 Å².